The Bertz CT molecular complexity index is 421. The standard InChI is InChI=1S/C16H23NOS/c1-12(2)17(15-8-9-15)16(18)11-19-10-14-6-4-13(3)5-7-14/h4-7,12,15H,8-11H2,1-3H3. The van der Waals surface area contributed by atoms with E-state index in [0.29, 0.717) is 23.7 Å². The molecule has 0 aliphatic heterocycles. The largest absolute Gasteiger partial charge is 0.337 e. The van der Waals surface area contributed by atoms with Crippen LogP contribution in [0, 0.1) is 6.92 Å². The lowest BCUT2D eigenvalue weighted by Crippen LogP contribution is -2.39. The molecule has 0 bridgehead atoms. The number of thioether (sulfide) groups is 1. The highest BCUT2D eigenvalue weighted by Crippen LogP contribution is 2.29. The molecule has 2 nitrogen and oxygen atoms in total. The Balaban J connectivity index is 1.78. The Kier molecular flexibility index (Phi) is 4.92. The van der Waals surface area contributed by atoms with Gasteiger partial charge in [0.05, 0.1) is 5.75 Å². The Hall–Kier alpha value is -0.960. The van der Waals surface area contributed by atoms with Gasteiger partial charge in [-0.1, -0.05) is 29.8 Å². The van der Waals surface area contributed by atoms with Gasteiger partial charge in [-0.05, 0) is 39.2 Å². The van der Waals surface area contributed by atoms with Gasteiger partial charge in [0, 0.05) is 17.8 Å². The summed E-state index contributed by atoms with van der Waals surface area (Å²) < 4.78 is 0. The van der Waals surface area contributed by atoms with Crippen LogP contribution in [0.2, 0.25) is 0 Å². The zero-order valence-corrected chi connectivity index (χ0v) is 12.9. The van der Waals surface area contributed by atoms with Gasteiger partial charge in [-0.2, -0.15) is 0 Å². The summed E-state index contributed by atoms with van der Waals surface area (Å²) in [5, 5.41) is 0. The first kappa shape index (κ1) is 14.4. The first-order valence-corrected chi connectivity index (χ1v) is 8.18. The summed E-state index contributed by atoms with van der Waals surface area (Å²) >= 11 is 1.72. The third kappa shape index (κ3) is 4.27. The van der Waals surface area contributed by atoms with Crippen molar-refractivity contribution < 1.29 is 4.79 Å². The zero-order chi connectivity index (χ0) is 13.8. The lowest BCUT2D eigenvalue weighted by molar-refractivity contribution is -0.130. The summed E-state index contributed by atoms with van der Waals surface area (Å²) in [6.07, 6.45) is 2.37. The van der Waals surface area contributed by atoms with Gasteiger partial charge in [-0.25, -0.2) is 0 Å². The summed E-state index contributed by atoms with van der Waals surface area (Å²) in [5.41, 5.74) is 2.58. The van der Waals surface area contributed by atoms with E-state index >= 15 is 0 Å². The van der Waals surface area contributed by atoms with E-state index in [9.17, 15) is 4.79 Å². The lowest BCUT2D eigenvalue weighted by atomic mass is 10.2. The van der Waals surface area contributed by atoms with Crippen molar-refractivity contribution in [2.45, 2.75) is 51.4 Å². The highest BCUT2D eigenvalue weighted by atomic mass is 32.2. The van der Waals surface area contributed by atoms with E-state index in [2.05, 4.69) is 49.9 Å². The molecular formula is C16H23NOS. The molecule has 0 spiro atoms. The summed E-state index contributed by atoms with van der Waals surface area (Å²) in [7, 11) is 0. The van der Waals surface area contributed by atoms with Gasteiger partial charge in [0.1, 0.15) is 0 Å². The summed E-state index contributed by atoms with van der Waals surface area (Å²) in [6.45, 7) is 6.32. The van der Waals surface area contributed by atoms with Crippen LogP contribution in [-0.2, 0) is 10.5 Å². The average Bonchev–Trinajstić information content (AvgIpc) is 3.16. The second kappa shape index (κ2) is 6.47. The van der Waals surface area contributed by atoms with Crippen LogP contribution < -0.4 is 0 Å². The molecule has 1 aromatic carbocycles. The molecule has 0 aromatic heterocycles. The molecule has 3 heteroatoms. The van der Waals surface area contributed by atoms with E-state index in [1.54, 1.807) is 11.8 Å². The minimum atomic E-state index is 0.301. The normalized spacial score (nSPS) is 14.7. The number of benzene rings is 1. The van der Waals surface area contributed by atoms with Gasteiger partial charge in [-0.15, -0.1) is 11.8 Å². The summed E-state index contributed by atoms with van der Waals surface area (Å²) in [5.74, 6) is 1.82. The van der Waals surface area contributed by atoms with E-state index < -0.39 is 0 Å². The molecular weight excluding hydrogens is 254 g/mol. The van der Waals surface area contributed by atoms with Crippen LogP contribution in [0.3, 0.4) is 0 Å². The molecule has 1 aliphatic rings. The van der Waals surface area contributed by atoms with Crippen molar-refractivity contribution in [3.8, 4) is 0 Å². The molecule has 1 amide bonds. The first-order valence-electron chi connectivity index (χ1n) is 7.02. The average molecular weight is 277 g/mol. The Morgan fingerprint density at radius 3 is 2.47 bits per heavy atom. The fourth-order valence-electron chi connectivity index (χ4n) is 2.28. The number of carbonyl (C=O) groups is 1. The van der Waals surface area contributed by atoms with Crippen molar-refractivity contribution in [1.82, 2.24) is 4.90 Å². The van der Waals surface area contributed by atoms with Crippen molar-refractivity contribution >= 4 is 17.7 Å². The van der Waals surface area contributed by atoms with Crippen molar-refractivity contribution in [2.75, 3.05) is 5.75 Å². The second-order valence-corrected chi connectivity index (χ2v) is 6.59. The van der Waals surface area contributed by atoms with Crippen LogP contribution in [0.1, 0.15) is 37.8 Å². The Morgan fingerprint density at radius 1 is 1.32 bits per heavy atom. The van der Waals surface area contributed by atoms with Crippen LogP contribution in [0.4, 0.5) is 0 Å². The topological polar surface area (TPSA) is 20.3 Å². The molecule has 0 heterocycles. The number of hydrogen-bond donors (Lipinski definition) is 0. The quantitative estimate of drug-likeness (QED) is 0.791. The third-order valence-corrected chi connectivity index (χ3v) is 4.39. The van der Waals surface area contributed by atoms with E-state index in [1.165, 1.54) is 24.0 Å². The maximum absolute atomic E-state index is 12.2. The molecule has 1 aliphatic carbocycles. The van der Waals surface area contributed by atoms with Crippen LogP contribution in [0.25, 0.3) is 0 Å². The molecule has 0 saturated heterocycles. The first-order chi connectivity index (χ1) is 9.08. The Morgan fingerprint density at radius 2 is 1.95 bits per heavy atom. The van der Waals surface area contributed by atoms with Gasteiger partial charge in [0.2, 0.25) is 5.91 Å². The predicted octanol–water partition coefficient (Wildman–Crippen LogP) is 3.63. The highest BCUT2D eigenvalue weighted by Gasteiger charge is 2.33. The molecule has 0 radical (unpaired) electrons. The number of rotatable bonds is 6. The minimum Gasteiger partial charge on any atom is -0.337 e. The van der Waals surface area contributed by atoms with Crippen molar-refractivity contribution in [3.63, 3.8) is 0 Å². The third-order valence-electron chi connectivity index (χ3n) is 3.40. The monoisotopic (exact) mass is 277 g/mol. The molecule has 0 atom stereocenters. The van der Waals surface area contributed by atoms with Gasteiger partial charge in [0.15, 0.2) is 0 Å². The smallest absolute Gasteiger partial charge is 0.233 e. The van der Waals surface area contributed by atoms with E-state index in [4.69, 9.17) is 0 Å². The number of carbonyl (C=O) groups excluding carboxylic acids is 1. The molecule has 19 heavy (non-hydrogen) atoms. The van der Waals surface area contributed by atoms with Crippen LogP contribution in [0.15, 0.2) is 24.3 Å². The van der Waals surface area contributed by atoms with Crippen molar-refractivity contribution in [2.24, 2.45) is 0 Å². The van der Waals surface area contributed by atoms with Gasteiger partial charge in [-0.3, -0.25) is 4.79 Å². The molecule has 2 rings (SSSR count). The molecule has 0 unspecified atom stereocenters. The molecule has 1 fully saturated rings. The maximum Gasteiger partial charge on any atom is 0.233 e. The number of aryl methyl sites for hydroxylation is 1. The van der Waals surface area contributed by atoms with Crippen molar-refractivity contribution in [1.29, 1.82) is 0 Å². The van der Waals surface area contributed by atoms with E-state index in [-0.39, 0.29) is 0 Å². The van der Waals surface area contributed by atoms with E-state index in [1.807, 2.05) is 0 Å². The molecule has 0 N–H and O–H groups in total. The molecule has 1 aromatic rings. The van der Waals surface area contributed by atoms with Gasteiger partial charge in [0.25, 0.3) is 0 Å². The molecule has 104 valence electrons. The minimum absolute atomic E-state index is 0.301. The number of nitrogens with zero attached hydrogens (tertiary/aromatic N) is 1. The lowest BCUT2D eigenvalue weighted by Gasteiger charge is -2.26. The fourth-order valence-corrected chi connectivity index (χ4v) is 3.13. The van der Waals surface area contributed by atoms with E-state index in [0.717, 1.165) is 5.75 Å². The summed E-state index contributed by atoms with van der Waals surface area (Å²) in [6, 6.07) is 9.40. The van der Waals surface area contributed by atoms with Gasteiger partial charge >= 0.3 is 0 Å². The van der Waals surface area contributed by atoms with Crippen LogP contribution in [-0.4, -0.2) is 28.6 Å². The Labute approximate surface area is 120 Å². The highest BCUT2D eigenvalue weighted by molar-refractivity contribution is 7.99. The number of hydrogen-bond acceptors (Lipinski definition) is 2. The number of amides is 1. The predicted molar refractivity (Wildman–Crippen MR) is 82.3 cm³/mol. The van der Waals surface area contributed by atoms with Crippen molar-refractivity contribution in [3.05, 3.63) is 35.4 Å². The second-order valence-electron chi connectivity index (χ2n) is 5.60. The summed E-state index contributed by atoms with van der Waals surface area (Å²) in [4.78, 5) is 14.3. The maximum atomic E-state index is 12.2. The fraction of sp³-hybridized carbons (Fsp3) is 0.562. The molecule has 1 saturated carbocycles. The van der Waals surface area contributed by atoms with Crippen LogP contribution in [0.5, 0.6) is 0 Å². The zero-order valence-electron chi connectivity index (χ0n) is 12.1. The van der Waals surface area contributed by atoms with Gasteiger partial charge < -0.3 is 4.90 Å². The SMILES string of the molecule is Cc1ccc(CSCC(=O)N(C(C)C)C2CC2)cc1. The van der Waals surface area contributed by atoms with Crippen LogP contribution >= 0.6 is 11.8 Å².